The van der Waals surface area contributed by atoms with Crippen LogP contribution in [0.3, 0.4) is 0 Å². The lowest BCUT2D eigenvalue weighted by Gasteiger charge is -2.40. The molecule has 2 N–H and O–H groups in total. The third-order valence-electron chi connectivity index (χ3n) is 10.1. The summed E-state index contributed by atoms with van der Waals surface area (Å²) in [5.74, 6) is -3.50. The van der Waals surface area contributed by atoms with Crippen molar-refractivity contribution in [1.29, 1.82) is 0 Å². The zero-order chi connectivity index (χ0) is 39.3. The first-order chi connectivity index (χ1) is 23.8. The lowest BCUT2D eigenvalue weighted by Crippen LogP contribution is -2.62. The van der Waals surface area contributed by atoms with Gasteiger partial charge in [0.05, 0.1) is 0 Å². The lowest BCUT2D eigenvalue weighted by atomic mass is 9.93. The maximum absolute atomic E-state index is 14.3. The van der Waals surface area contributed by atoms with Crippen LogP contribution < -0.4 is 10.6 Å². The van der Waals surface area contributed by atoms with E-state index in [9.17, 15) is 28.8 Å². The van der Waals surface area contributed by atoms with Crippen molar-refractivity contribution in [3.63, 3.8) is 0 Å². The first-order valence-electron chi connectivity index (χ1n) is 18.1. The molecule has 286 valence electrons. The van der Waals surface area contributed by atoms with E-state index in [4.69, 9.17) is 0 Å². The molecule has 0 heterocycles. The number of hydrogen-bond acceptors (Lipinski definition) is 6. The van der Waals surface area contributed by atoms with Crippen molar-refractivity contribution in [3.05, 3.63) is 42.0 Å². The van der Waals surface area contributed by atoms with Gasteiger partial charge in [0.1, 0.15) is 30.2 Å². The van der Waals surface area contributed by atoms with Gasteiger partial charge in [-0.3, -0.25) is 28.8 Å². The summed E-state index contributed by atoms with van der Waals surface area (Å²) in [7, 11) is 7.73. The highest BCUT2D eigenvalue weighted by Crippen LogP contribution is 2.22. The molecule has 0 saturated heterocycles. The minimum atomic E-state index is -0.971. The summed E-state index contributed by atoms with van der Waals surface area (Å²) in [6, 6.07) is 4.89. The maximum Gasteiger partial charge on any atom is 0.246 e. The fourth-order valence-corrected chi connectivity index (χ4v) is 6.22. The summed E-state index contributed by atoms with van der Waals surface area (Å²) in [5.41, 5.74) is 0.847. The topological polar surface area (TPSA) is 139 Å². The SMILES string of the molecule is CC[C@H](C)[C@@H](C(=O)NC)N(C)C(=O)[C@@H](NC(=O)[C@H](C(C)C)N(C)C(=O)[C@H]([C@@H](C)CC)N(C)C(=O)[C@H](C)N(C)C(=O)/C=C/c1ccccc1)C(C)C. The average Bonchev–Trinajstić information content (AvgIpc) is 3.11. The lowest BCUT2D eigenvalue weighted by molar-refractivity contribution is -0.153. The number of carbonyl (C=O) groups is 6. The molecule has 1 aromatic carbocycles. The van der Waals surface area contributed by atoms with Gasteiger partial charge in [0.25, 0.3) is 0 Å². The van der Waals surface area contributed by atoms with Crippen molar-refractivity contribution in [1.82, 2.24) is 30.2 Å². The average molecular weight is 713 g/mol. The third-order valence-corrected chi connectivity index (χ3v) is 10.1. The Morgan fingerprint density at radius 3 is 1.59 bits per heavy atom. The highest BCUT2D eigenvalue weighted by Gasteiger charge is 2.42. The van der Waals surface area contributed by atoms with Gasteiger partial charge in [0.15, 0.2) is 0 Å². The van der Waals surface area contributed by atoms with Crippen LogP contribution in [-0.4, -0.2) is 120 Å². The number of benzene rings is 1. The maximum atomic E-state index is 14.3. The van der Waals surface area contributed by atoms with Crippen LogP contribution in [0.15, 0.2) is 36.4 Å². The van der Waals surface area contributed by atoms with Gasteiger partial charge < -0.3 is 30.2 Å². The van der Waals surface area contributed by atoms with Gasteiger partial charge in [-0.25, -0.2) is 0 Å². The zero-order valence-corrected chi connectivity index (χ0v) is 33.4. The van der Waals surface area contributed by atoms with Crippen LogP contribution in [0.4, 0.5) is 0 Å². The van der Waals surface area contributed by atoms with Crippen LogP contribution >= 0.6 is 0 Å². The minimum Gasteiger partial charge on any atom is -0.357 e. The van der Waals surface area contributed by atoms with Gasteiger partial charge in [0, 0.05) is 41.3 Å². The molecule has 6 amide bonds. The predicted molar refractivity (Wildman–Crippen MR) is 202 cm³/mol. The molecule has 0 saturated carbocycles. The quantitative estimate of drug-likeness (QED) is 0.223. The van der Waals surface area contributed by atoms with E-state index in [1.165, 1.54) is 39.8 Å². The van der Waals surface area contributed by atoms with Crippen LogP contribution in [0.1, 0.15) is 80.7 Å². The number of nitrogens with zero attached hydrogens (tertiary/aromatic N) is 4. The Morgan fingerprint density at radius 2 is 1.12 bits per heavy atom. The van der Waals surface area contributed by atoms with Crippen molar-refractivity contribution < 1.29 is 28.8 Å². The Bertz CT molecular complexity index is 1360. The number of hydrogen-bond donors (Lipinski definition) is 2. The van der Waals surface area contributed by atoms with Gasteiger partial charge in [-0.05, 0) is 42.2 Å². The number of amides is 6. The molecule has 0 bridgehead atoms. The summed E-state index contributed by atoms with van der Waals surface area (Å²) in [5, 5.41) is 5.54. The van der Waals surface area contributed by atoms with E-state index >= 15 is 0 Å². The summed E-state index contributed by atoms with van der Waals surface area (Å²) in [6.45, 7) is 16.5. The van der Waals surface area contributed by atoms with E-state index < -0.39 is 53.8 Å². The molecule has 1 aromatic rings. The highest BCUT2D eigenvalue weighted by molar-refractivity contribution is 5.98. The third kappa shape index (κ3) is 11.7. The summed E-state index contributed by atoms with van der Waals surface area (Å²) < 4.78 is 0. The predicted octanol–water partition coefficient (Wildman–Crippen LogP) is 3.66. The molecule has 0 fully saturated rings. The fourth-order valence-electron chi connectivity index (χ4n) is 6.22. The molecular weight excluding hydrogens is 648 g/mol. The molecule has 51 heavy (non-hydrogen) atoms. The number of nitrogens with one attached hydrogen (secondary N) is 2. The molecular formula is C39H64N6O6. The van der Waals surface area contributed by atoms with Crippen LogP contribution in [-0.2, 0) is 28.8 Å². The number of likely N-dealkylation sites (N-methyl/N-ethyl adjacent to an activating group) is 5. The van der Waals surface area contributed by atoms with Crippen molar-refractivity contribution in [2.45, 2.75) is 105 Å². The van der Waals surface area contributed by atoms with Crippen LogP contribution in [0.2, 0.25) is 0 Å². The summed E-state index contributed by atoms with van der Waals surface area (Å²) in [4.78, 5) is 87.3. The standard InChI is InChI=1S/C39H64N6O6/c1-15-26(7)33(35(47)40-10)44(13)38(50)31(24(3)4)41-36(48)32(25(5)6)43(12)39(51)34(27(8)16-2)45(14)37(49)28(9)42(11)30(46)23-22-29-20-18-17-19-21-29/h17-28,31-34H,15-16H2,1-14H3,(H,40,47)(H,41,48)/b23-22+/t26-,27-,28-,31-,32-,33-,34-/m0/s1. The molecule has 1 rings (SSSR count). The van der Waals surface area contributed by atoms with E-state index in [0.29, 0.717) is 12.8 Å². The monoisotopic (exact) mass is 712 g/mol. The Hall–Kier alpha value is -4.22. The molecule has 0 radical (unpaired) electrons. The molecule has 0 spiro atoms. The molecule has 0 aromatic heterocycles. The normalized spacial score (nSPS) is 15.6. The Labute approximate surface area is 306 Å². The largest absolute Gasteiger partial charge is 0.357 e. The van der Waals surface area contributed by atoms with Crippen molar-refractivity contribution in [3.8, 4) is 0 Å². The van der Waals surface area contributed by atoms with E-state index in [-0.39, 0.29) is 35.5 Å². The van der Waals surface area contributed by atoms with Gasteiger partial charge in [0.2, 0.25) is 35.4 Å². The second kappa shape index (κ2) is 20.6. The molecule has 7 atom stereocenters. The Balaban J connectivity index is 3.33. The summed E-state index contributed by atoms with van der Waals surface area (Å²) in [6.07, 6.45) is 4.33. The second-order valence-electron chi connectivity index (χ2n) is 14.4. The van der Waals surface area contributed by atoms with Crippen molar-refractivity contribution in [2.24, 2.45) is 23.7 Å². The molecule has 0 aliphatic heterocycles. The Kier molecular flexibility index (Phi) is 18.1. The first-order valence-corrected chi connectivity index (χ1v) is 18.1. The molecule has 12 heteroatoms. The van der Waals surface area contributed by atoms with Crippen LogP contribution in [0.5, 0.6) is 0 Å². The summed E-state index contributed by atoms with van der Waals surface area (Å²) >= 11 is 0. The van der Waals surface area contributed by atoms with Crippen molar-refractivity contribution >= 4 is 41.5 Å². The minimum absolute atomic E-state index is 0.127. The van der Waals surface area contributed by atoms with E-state index in [1.807, 2.05) is 85.7 Å². The van der Waals surface area contributed by atoms with Crippen molar-refractivity contribution in [2.75, 3.05) is 35.2 Å². The smallest absolute Gasteiger partial charge is 0.246 e. The second-order valence-corrected chi connectivity index (χ2v) is 14.4. The number of rotatable bonds is 18. The molecule has 12 nitrogen and oxygen atoms in total. The first kappa shape index (κ1) is 44.8. The fraction of sp³-hybridized carbons (Fsp3) is 0.641. The van der Waals surface area contributed by atoms with E-state index in [1.54, 1.807) is 34.1 Å². The van der Waals surface area contributed by atoms with Gasteiger partial charge >= 0.3 is 0 Å². The molecule has 0 aliphatic carbocycles. The van der Waals surface area contributed by atoms with Gasteiger partial charge in [-0.1, -0.05) is 98.6 Å². The molecule has 0 unspecified atom stereocenters. The Morgan fingerprint density at radius 1 is 0.627 bits per heavy atom. The van der Waals surface area contributed by atoms with Crippen LogP contribution in [0, 0.1) is 23.7 Å². The van der Waals surface area contributed by atoms with E-state index in [0.717, 1.165) is 5.56 Å². The number of carbonyl (C=O) groups excluding carboxylic acids is 6. The zero-order valence-electron chi connectivity index (χ0n) is 33.4. The highest BCUT2D eigenvalue weighted by atomic mass is 16.2. The van der Waals surface area contributed by atoms with Crippen LogP contribution in [0.25, 0.3) is 6.08 Å². The molecule has 0 aliphatic rings. The van der Waals surface area contributed by atoms with Gasteiger partial charge in [-0.15, -0.1) is 0 Å². The van der Waals surface area contributed by atoms with Gasteiger partial charge in [-0.2, -0.15) is 0 Å². The van der Waals surface area contributed by atoms with E-state index in [2.05, 4.69) is 10.6 Å².